The van der Waals surface area contributed by atoms with Gasteiger partial charge in [0, 0.05) is 35.2 Å². The summed E-state index contributed by atoms with van der Waals surface area (Å²) < 4.78 is 0. The van der Waals surface area contributed by atoms with Crippen molar-refractivity contribution in [3.05, 3.63) is 49.1 Å². The van der Waals surface area contributed by atoms with Gasteiger partial charge in [-0.2, -0.15) is 0 Å². The molecule has 0 unspecified atom stereocenters. The van der Waals surface area contributed by atoms with Crippen molar-refractivity contribution in [3.8, 4) is 0 Å². The molecule has 0 fully saturated rings. The second-order valence-electron chi connectivity index (χ2n) is 3.95. The van der Waals surface area contributed by atoms with E-state index in [1.807, 2.05) is 30.5 Å². The van der Waals surface area contributed by atoms with Gasteiger partial charge in [-0.3, -0.25) is 10.3 Å². The molecule has 0 spiro atoms. The van der Waals surface area contributed by atoms with E-state index in [1.165, 1.54) is 12.4 Å². The second-order valence-corrected chi connectivity index (χ2v) is 3.95. The first-order chi connectivity index (χ1) is 9.31. The molecule has 6 heteroatoms. The standard InChI is InChI=1S/C13H11N5O/c19-13(18-12-8-14-5-6-16-12)17-10-1-2-11-9(7-10)3-4-15-11/h1-8,15H,(H2,16,17,18,19). The van der Waals surface area contributed by atoms with Crippen LogP contribution < -0.4 is 10.6 Å². The Hall–Kier alpha value is -2.89. The highest BCUT2D eigenvalue weighted by atomic mass is 16.2. The maximum Gasteiger partial charge on any atom is 0.324 e. The number of urea groups is 1. The Labute approximate surface area is 108 Å². The maximum absolute atomic E-state index is 11.8. The summed E-state index contributed by atoms with van der Waals surface area (Å²) in [6, 6.07) is 7.22. The van der Waals surface area contributed by atoms with Crippen LogP contribution in [0.15, 0.2) is 49.1 Å². The van der Waals surface area contributed by atoms with Crippen molar-refractivity contribution in [2.75, 3.05) is 10.6 Å². The molecule has 6 nitrogen and oxygen atoms in total. The number of fused-ring (bicyclic) bond motifs is 1. The third-order valence-corrected chi connectivity index (χ3v) is 2.62. The van der Waals surface area contributed by atoms with Crippen molar-refractivity contribution in [2.45, 2.75) is 0 Å². The molecule has 3 N–H and O–H groups in total. The number of hydrogen-bond acceptors (Lipinski definition) is 3. The van der Waals surface area contributed by atoms with Crippen molar-refractivity contribution in [1.82, 2.24) is 15.0 Å². The van der Waals surface area contributed by atoms with Gasteiger partial charge in [-0.25, -0.2) is 9.78 Å². The number of nitrogens with one attached hydrogen (secondary N) is 3. The number of carbonyl (C=O) groups is 1. The molecule has 0 aliphatic rings. The Balaban J connectivity index is 1.72. The molecule has 94 valence electrons. The number of benzene rings is 1. The zero-order valence-corrected chi connectivity index (χ0v) is 9.92. The molecule has 0 saturated carbocycles. The summed E-state index contributed by atoms with van der Waals surface area (Å²) in [5.41, 5.74) is 1.74. The number of aromatic amines is 1. The van der Waals surface area contributed by atoms with Gasteiger partial charge in [0.2, 0.25) is 0 Å². The Kier molecular flexibility index (Phi) is 2.82. The predicted molar refractivity (Wildman–Crippen MR) is 73.0 cm³/mol. The van der Waals surface area contributed by atoms with Gasteiger partial charge in [-0.15, -0.1) is 0 Å². The third-order valence-electron chi connectivity index (χ3n) is 2.62. The molecule has 2 amide bonds. The number of anilines is 2. The summed E-state index contributed by atoms with van der Waals surface area (Å²) in [4.78, 5) is 22.7. The van der Waals surface area contributed by atoms with E-state index in [0.29, 0.717) is 11.5 Å². The maximum atomic E-state index is 11.8. The van der Waals surface area contributed by atoms with Crippen molar-refractivity contribution in [1.29, 1.82) is 0 Å². The van der Waals surface area contributed by atoms with Crippen LogP contribution in [0.25, 0.3) is 10.9 Å². The quantitative estimate of drug-likeness (QED) is 0.656. The largest absolute Gasteiger partial charge is 0.361 e. The summed E-state index contributed by atoms with van der Waals surface area (Å²) in [7, 11) is 0. The van der Waals surface area contributed by atoms with Crippen LogP contribution in [0.2, 0.25) is 0 Å². The minimum Gasteiger partial charge on any atom is -0.361 e. The molecule has 0 radical (unpaired) electrons. The van der Waals surface area contributed by atoms with Crippen LogP contribution in [0.1, 0.15) is 0 Å². The lowest BCUT2D eigenvalue weighted by Gasteiger charge is -2.06. The summed E-state index contributed by atoms with van der Waals surface area (Å²) >= 11 is 0. The van der Waals surface area contributed by atoms with Crippen LogP contribution in [0.3, 0.4) is 0 Å². The fraction of sp³-hybridized carbons (Fsp3) is 0. The molecule has 1 aromatic carbocycles. The SMILES string of the molecule is O=C(Nc1ccc2[nH]ccc2c1)Nc1cnccn1. The van der Waals surface area contributed by atoms with Gasteiger partial charge in [0.1, 0.15) is 0 Å². The summed E-state index contributed by atoms with van der Waals surface area (Å²) in [5, 5.41) is 6.38. The molecule has 2 aromatic heterocycles. The first kappa shape index (κ1) is 11.2. The molecule has 0 saturated heterocycles. The zero-order valence-electron chi connectivity index (χ0n) is 9.92. The number of amides is 2. The highest BCUT2D eigenvalue weighted by molar-refractivity contribution is 6.00. The van der Waals surface area contributed by atoms with E-state index in [4.69, 9.17) is 0 Å². The number of carbonyl (C=O) groups excluding carboxylic acids is 1. The van der Waals surface area contributed by atoms with Crippen molar-refractivity contribution in [3.63, 3.8) is 0 Å². The van der Waals surface area contributed by atoms with E-state index in [-0.39, 0.29) is 6.03 Å². The molecule has 0 aliphatic heterocycles. The summed E-state index contributed by atoms with van der Waals surface area (Å²) in [5.74, 6) is 0.405. The lowest BCUT2D eigenvalue weighted by Crippen LogP contribution is -2.20. The van der Waals surface area contributed by atoms with Crippen LogP contribution >= 0.6 is 0 Å². The number of H-pyrrole nitrogens is 1. The minimum absolute atomic E-state index is 0.351. The van der Waals surface area contributed by atoms with E-state index in [0.717, 1.165) is 10.9 Å². The van der Waals surface area contributed by atoms with Crippen molar-refractivity contribution < 1.29 is 4.79 Å². The molecular formula is C13H11N5O. The Morgan fingerprint density at radius 2 is 2.11 bits per heavy atom. The highest BCUT2D eigenvalue weighted by Gasteiger charge is 2.04. The van der Waals surface area contributed by atoms with Gasteiger partial charge in [0.25, 0.3) is 0 Å². The fourth-order valence-electron chi connectivity index (χ4n) is 1.77. The Bertz CT molecular complexity index is 707. The molecule has 3 rings (SSSR count). The smallest absolute Gasteiger partial charge is 0.324 e. The van der Waals surface area contributed by atoms with Gasteiger partial charge in [0.05, 0.1) is 6.20 Å². The first-order valence-corrected chi connectivity index (χ1v) is 5.72. The van der Waals surface area contributed by atoms with Gasteiger partial charge in [0.15, 0.2) is 5.82 Å². The van der Waals surface area contributed by atoms with Gasteiger partial charge in [-0.1, -0.05) is 0 Å². The molecule has 19 heavy (non-hydrogen) atoms. The molecule has 3 aromatic rings. The van der Waals surface area contributed by atoms with E-state index in [2.05, 4.69) is 25.6 Å². The number of hydrogen-bond donors (Lipinski definition) is 3. The fourth-order valence-corrected chi connectivity index (χ4v) is 1.77. The van der Waals surface area contributed by atoms with Crippen LogP contribution in [0.5, 0.6) is 0 Å². The average Bonchev–Trinajstić information content (AvgIpc) is 2.87. The number of aromatic nitrogens is 3. The lowest BCUT2D eigenvalue weighted by atomic mass is 10.2. The third kappa shape index (κ3) is 2.52. The molecular weight excluding hydrogens is 242 g/mol. The number of rotatable bonds is 2. The number of nitrogens with zero attached hydrogens (tertiary/aromatic N) is 2. The van der Waals surface area contributed by atoms with E-state index in [9.17, 15) is 4.79 Å². The van der Waals surface area contributed by atoms with Gasteiger partial charge in [-0.05, 0) is 24.3 Å². The first-order valence-electron chi connectivity index (χ1n) is 5.72. The van der Waals surface area contributed by atoms with E-state index >= 15 is 0 Å². The second kappa shape index (κ2) is 4.77. The normalized spacial score (nSPS) is 10.3. The summed E-state index contributed by atoms with van der Waals surface area (Å²) in [6.45, 7) is 0. The van der Waals surface area contributed by atoms with Crippen LogP contribution in [-0.2, 0) is 0 Å². The predicted octanol–water partition coefficient (Wildman–Crippen LogP) is 2.60. The minimum atomic E-state index is -0.351. The molecule has 0 aliphatic carbocycles. The van der Waals surface area contributed by atoms with Gasteiger partial charge < -0.3 is 10.3 Å². The molecule has 0 bridgehead atoms. The lowest BCUT2D eigenvalue weighted by molar-refractivity contribution is 0.262. The topological polar surface area (TPSA) is 82.7 Å². The average molecular weight is 253 g/mol. The van der Waals surface area contributed by atoms with Gasteiger partial charge >= 0.3 is 6.03 Å². The zero-order chi connectivity index (χ0) is 13.1. The Morgan fingerprint density at radius 1 is 1.16 bits per heavy atom. The molecule has 2 heterocycles. The molecule has 0 atom stereocenters. The van der Waals surface area contributed by atoms with Crippen LogP contribution in [-0.4, -0.2) is 21.0 Å². The monoisotopic (exact) mass is 253 g/mol. The Morgan fingerprint density at radius 3 is 2.95 bits per heavy atom. The van der Waals surface area contributed by atoms with Crippen molar-refractivity contribution in [2.24, 2.45) is 0 Å². The highest BCUT2D eigenvalue weighted by Crippen LogP contribution is 2.17. The van der Waals surface area contributed by atoms with E-state index in [1.54, 1.807) is 6.20 Å². The van der Waals surface area contributed by atoms with Crippen LogP contribution in [0.4, 0.5) is 16.3 Å². The van der Waals surface area contributed by atoms with Crippen LogP contribution in [0, 0.1) is 0 Å². The summed E-state index contributed by atoms with van der Waals surface area (Å²) in [6.07, 6.45) is 6.40. The van der Waals surface area contributed by atoms with E-state index < -0.39 is 0 Å². The van der Waals surface area contributed by atoms with Crippen molar-refractivity contribution >= 4 is 28.4 Å².